The molecule has 1 heterocycles. The molecular weight excluding hydrogens is 216 g/mol. The van der Waals surface area contributed by atoms with Crippen LogP contribution >= 0.6 is 0 Å². The van der Waals surface area contributed by atoms with Gasteiger partial charge in [-0.25, -0.2) is 4.98 Å². The van der Waals surface area contributed by atoms with Gasteiger partial charge in [0.05, 0.1) is 6.61 Å². The molecule has 0 atom stereocenters. The number of nitrogens with zero attached hydrogens (tertiary/aromatic N) is 2. The smallest absolute Gasteiger partial charge is 0.128 e. The van der Waals surface area contributed by atoms with Gasteiger partial charge >= 0.3 is 0 Å². The van der Waals surface area contributed by atoms with Gasteiger partial charge < -0.3 is 15.1 Å². The van der Waals surface area contributed by atoms with Crippen LogP contribution in [0.2, 0.25) is 0 Å². The molecule has 2 N–H and O–H groups in total. The zero-order chi connectivity index (χ0) is 12.1. The molecule has 1 aliphatic carbocycles. The number of aliphatic hydroxyl groups excluding tert-OH is 2. The zero-order valence-electron chi connectivity index (χ0n) is 10.0. The first-order valence-corrected chi connectivity index (χ1v) is 6.28. The minimum atomic E-state index is 0.0351. The SMILES string of the molecule is OCCCN(c1ccc(CO)cn1)C1CCC1. The van der Waals surface area contributed by atoms with Crippen molar-refractivity contribution in [2.24, 2.45) is 0 Å². The van der Waals surface area contributed by atoms with Crippen LogP contribution in [0.3, 0.4) is 0 Å². The van der Waals surface area contributed by atoms with Crippen molar-refractivity contribution in [3.63, 3.8) is 0 Å². The van der Waals surface area contributed by atoms with E-state index in [1.54, 1.807) is 6.20 Å². The Morgan fingerprint density at radius 1 is 1.29 bits per heavy atom. The standard InChI is InChI=1S/C13H20N2O2/c16-8-2-7-15(12-3-1-4-12)13-6-5-11(10-17)9-14-13/h5-6,9,12,16-17H,1-4,7-8,10H2. The molecular formula is C13H20N2O2. The van der Waals surface area contributed by atoms with Crippen molar-refractivity contribution in [1.82, 2.24) is 4.98 Å². The van der Waals surface area contributed by atoms with E-state index in [9.17, 15) is 0 Å². The second kappa shape index (κ2) is 5.98. The summed E-state index contributed by atoms with van der Waals surface area (Å²) in [5, 5.41) is 17.9. The minimum Gasteiger partial charge on any atom is -0.396 e. The van der Waals surface area contributed by atoms with E-state index in [0.29, 0.717) is 6.04 Å². The summed E-state index contributed by atoms with van der Waals surface area (Å²) in [4.78, 5) is 6.67. The molecule has 0 amide bonds. The van der Waals surface area contributed by atoms with E-state index >= 15 is 0 Å². The highest BCUT2D eigenvalue weighted by Crippen LogP contribution is 2.28. The van der Waals surface area contributed by atoms with E-state index in [-0.39, 0.29) is 13.2 Å². The van der Waals surface area contributed by atoms with Crippen LogP contribution in [0.15, 0.2) is 18.3 Å². The van der Waals surface area contributed by atoms with E-state index in [0.717, 1.165) is 24.3 Å². The molecule has 4 nitrogen and oxygen atoms in total. The number of aromatic nitrogens is 1. The molecule has 0 spiro atoms. The minimum absolute atomic E-state index is 0.0351. The van der Waals surface area contributed by atoms with E-state index in [4.69, 9.17) is 10.2 Å². The third-order valence-electron chi connectivity index (χ3n) is 3.36. The summed E-state index contributed by atoms with van der Waals surface area (Å²) in [5.41, 5.74) is 0.837. The Kier molecular flexibility index (Phi) is 4.34. The predicted octanol–water partition coefficient (Wildman–Crippen LogP) is 1.32. The van der Waals surface area contributed by atoms with E-state index in [1.165, 1.54) is 19.3 Å². The van der Waals surface area contributed by atoms with Crippen LogP contribution < -0.4 is 4.90 Å². The average molecular weight is 236 g/mol. The maximum absolute atomic E-state index is 8.99. The van der Waals surface area contributed by atoms with Crippen LogP contribution in [0, 0.1) is 0 Å². The maximum atomic E-state index is 8.99. The number of rotatable bonds is 6. The third-order valence-corrected chi connectivity index (χ3v) is 3.36. The van der Waals surface area contributed by atoms with Gasteiger partial charge in [-0.05, 0) is 37.3 Å². The van der Waals surface area contributed by atoms with Gasteiger partial charge in [-0.2, -0.15) is 0 Å². The lowest BCUT2D eigenvalue weighted by molar-refractivity contribution is 0.281. The molecule has 0 aliphatic heterocycles. The van der Waals surface area contributed by atoms with Crippen molar-refractivity contribution < 1.29 is 10.2 Å². The fourth-order valence-electron chi connectivity index (χ4n) is 2.10. The highest BCUT2D eigenvalue weighted by molar-refractivity contribution is 5.41. The van der Waals surface area contributed by atoms with Gasteiger partial charge in [0.2, 0.25) is 0 Å². The Morgan fingerprint density at radius 2 is 2.12 bits per heavy atom. The number of anilines is 1. The molecule has 4 heteroatoms. The summed E-state index contributed by atoms with van der Waals surface area (Å²) in [6.07, 6.45) is 6.22. The predicted molar refractivity (Wildman–Crippen MR) is 66.8 cm³/mol. The van der Waals surface area contributed by atoms with Crippen molar-refractivity contribution >= 4 is 5.82 Å². The van der Waals surface area contributed by atoms with Crippen LogP contribution in [0.1, 0.15) is 31.2 Å². The molecule has 2 rings (SSSR count). The average Bonchev–Trinajstić information content (AvgIpc) is 2.32. The Bertz CT molecular complexity index is 336. The van der Waals surface area contributed by atoms with Crippen molar-refractivity contribution in [3.05, 3.63) is 23.9 Å². The molecule has 0 radical (unpaired) electrons. The molecule has 1 aromatic heterocycles. The highest BCUT2D eigenvalue weighted by atomic mass is 16.3. The van der Waals surface area contributed by atoms with Crippen LogP contribution in [0.25, 0.3) is 0 Å². The molecule has 0 aromatic carbocycles. The quantitative estimate of drug-likeness (QED) is 0.782. The number of hydrogen-bond donors (Lipinski definition) is 2. The number of aliphatic hydroxyl groups is 2. The second-order valence-corrected chi connectivity index (χ2v) is 4.54. The van der Waals surface area contributed by atoms with Crippen LogP contribution in [0.5, 0.6) is 0 Å². The molecule has 1 saturated carbocycles. The Hall–Kier alpha value is -1.13. The van der Waals surface area contributed by atoms with E-state index in [2.05, 4.69) is 9.88 Å². The summed E-state index contributed by atoms with van der Waals surface area (Å²) in [6, 6.07) is 4.45. The first-order chi connectivity index (χ1) is 8.35. The van der Waals surface area contributed by atoms with Gasteiger partial charge in [0.1, 0.15) is 5.82 Å². The lowest BCUT2D eigenvalue weighted by Crippen LogP contribution is -2.41. The Balaban J connectivity index is 2.06. The summed E-state index contributed by atoms with van der Waals surface area (Å²) < 4.78 is 0. The third kappa shape index (κ3) is 2.96. The molecule has 1 fully saturated rings. The number of hydrogen-bond acceptors (Lipinski definition) is 4. The fraction of sp³-hybridized carbons (Fsp3) is 0.615. The topological polar surface area (TPSA) is 56.6 Å². The van der Waals surface area contributed by atoms with Gasteiger partial charge in [-0.3, -0.25) is 0 Å². The summed E-state index contributed by atoms with van der Waals surface area (Å²) in [5.74, 6) is 0.959. The summed E-state index contributed by atoms with van der Waals surface area (Å²) >= 11 is 0. The van der Waals surface area contributed by atoms with Gasteiger partial charge in [-0.1, -0.05) is 6.07 Å². The van der Waals surface area contributed by atoms with Crippen molar-refractivity contribution in [1.29, 1.82) is 0 Å². The highest BCUT2D eigenvalue weighted by Gasteiger charge is 2.25. The lowest BCUT2D eigenvalue weighted by atomic mass is 9.91. The molecule has 0 unspecified atom stereocenters. The monoisotopic (exact) mass is 236 g/mol. The maximum Gasteiger partial charge on any atom is 0.128 e. The fourth-order valence-corrected chi connectivity index (χ4v) is 2.10. The Morgan fingerprint density at radius 3 is 2.59 bits per heavy atom. The first-order valence-electron chi connectivity index (χ1n) is 6.28. The van der Waals surface area contributed by atoms with Crippen molar-refractivity contribution in [3.8, 4) is 0 Å². The summed E-state index contributed by atoms with van der Waals surface area (Å²) in [7, 11) is 0. The van der Waals surface area contributed by atoms with Crippen LogP contribution in [0.4, 0.5) is 5.82 Å². The molecule has 1 aliphatic rings. The van der Waals surface area contributed by atoms with E-state index in [1.807, 2.05) is 12.1 Å². The second-order valence-electron chi connectivity index (χ2n) is 4.54. The molecule has 0 bridgehead atoms. The largest absolute Gasteiger partial charge is 0.396 e. The van der Waals surface area contributed by atoms with Crippen LogP contribution in [-0.2, 0) is 6.61 Å². The van der Waals surface area contributed by atoms with Gasteiger partial charge in [-0.15, -0.1) is 0 Å². The summed E-state index contributed by atoms with van der Waals surface area (Å²) in [6.45, 7) is 1.11. The van der Waals surface area contributed by atoms with Gasteiger partial charge in [0, 0.05) is 25.4 Å². The normalized spacial score (nSPS) is 15.6. The first kappa shape index (κ1) is 12.3. The lowest BCUT2D eigenvalue weighted by Gasteiger charge is -2.38. The van der Waals surface area contributed by atoms with Gasteiger partial charge in [0.15, 0.2) is 0 Å². The number of pyridine rings is 1. The Labute approximate surface area is 102 Å². The van der Waals surface area contributed by atoms with Crippen molar-refractivity contribution in [2.45, 2.75) is 38.3 Å². The molecule has 17 heavy (non-hydrogen) atoms. The van der Waals surface area contributed by atoms with Crippen molar-refractivity contribution in [2.75, 3.05) is 18.1 Å². The van der Waals surface area contributed by atoms with Gasteiger partial charge in [0.25, 0.3) is 0 Å². The molecule has 1 aromatic rings. The zero-order valence-corrected chi connectivity index (χ0v) is 10.0. The molecule has 94 valence electrons. The molecule has 0 saturated heterocycles. The van der Waals surface area contributed by atoms with Crippen LogP contribution in [-0.4, -0.2) is 34.4 Å². The van der Waals surface area contributed by atoms with E-state index < -0.39 is 0 Å².